The summed E-state index contributed by atoms with van der Waals surface area (Å²) in [5.74, 6) is 1.64. The molecular weight excluding hydrogens is 611 g/mol. The fourth-order valence-corrected chi connectivity index (χ4v) is 4.00. The summed E-state index contributed by atoms with van der Waals surface area (Å²) < 4.78 is 10.1. The number of para-hydroxylation sites is 3. The van der Waals surface area contributed by atoms with Crippen molar-refractivity contribution < 1.29 is 29.4 Å². The first kappa shape index (κ1) is 22.7. The van der Waals surface area contributed by atoms with Crippen LogP contribution < -0.4 is 9.30 Å². The van der Waals surface area contributed by atoms with Crippen molar-refractivity contribution in [1.82, 2.24) is 9.55 Å². The molecule has 4 aromatic carbocycles. The van der Waals surface area contributed by atoms with Crippen LogP contribution in [0, 0.1) is 18.5 Å². The Kier molecular flexibility index (Phi) is 6.53. The molecule has 0 aliphatic carbocycles. The molecule has 3 heterocycles. The van der Waals surface area contributed by atoms with Gasteiger partial charge >= 0.3 is 20.1 Å². The number of rotatable bonds is 2. The molecule has 0 N–H and O–H groups in total. The van der Waals surface area contributed by atoms with Gasteiger partial charge in [0.05, 0.1) is 11.2 Å². The van der Waals surface area contributed by atoms with Crippen molar-refractivity contribution in [3.8, 4) is 34.1 Å². The fourth-order valence-electron chi connectivity index (χ4n) is 4.00. The molecule has 2 aromatic heterocycles. The zero-order valence-electron chi connectivity index (χ0n) is 18.6. The van der Waals surface area contributed by atoms with E-state index in [0.29, 0.717) is 0 Å². The van der Waals surface area contributed by atoms with E-state index in [-0.39, 0.29) is 20.1 Å². The van der Waals surface area contributed by atoms with Crippen molar-refractivity contribution in [3.05, 3.63) is 134 Å². The van der Waals surface area contributed by atoms with Crippen LogP contribution in [0.4, 0.5) is 0 Å². The predicted molar refractivity (Wildman–Crippen MR) is 131 cm³/mol. The van der Waals surface area contributed by atoms with Gasteiger partial charge in [-0.05, 0) is 35.6 Å². The predicted octanol–water partition coefficient (Wildman–Crippen LogP) is 6.16. The summed E-state index contributed by atoms with van der Waals surface area (Å²) >= 11 is 0. The third-order valence-electron chi connectivity index (χ3n) is 5.55. The summed E-state index contributed by atoms with van der Waals surface area (Å²) in [6.45, 7) is 0. The van der Waals surface area contributed by atoms with Gasteiger partial charge in [0.2, 0.25) is 0 Å². The molecule has 0 amide bonds. The SMILES string of the molecule is [Ir+3].[c-]1cccc2c1-[n+]1[c-]n(-c3ccccc3)c3cccc(c31)O2.[c-]1ccccc1-c1ccccn1. The molecule has 0 atom stereocenters. The Morgan fingerprint density at radius 3 is 2.31 bits per heavy atom. The zero-order chi connectivity index (χ0) is 22.7. The maximum Gasteiger partial charge on any atom is 3.00 e. The fraction of sp³-hybridized carbons (Fsp3) is 0. The minimum Gasteiger partial charge on any atom is -0.523 e. The standard InChI is InChI=1S/C19H11N2O.C11H8N.Ir/c1-2-7-14(8-3-1)20-13-21-15-9-4-5-11-17(15)22-18-12-6-10-16(20)19(18)21;1-2-6-10(7-3-1)11-8-4-5-9-12-11;/h1-8,10-12H;1-6,8-9H;/q2*-1;+3. The monoisotopic (exact) mass is 630 g/mol. The van der Waals surface area contributed by atoms with Gasteiger partial charge < -0.3 is 14.3 Å². The van der Waals surface area contributed by atoms with Crippen molar-refractivity contribution in [2.24, 2.45) is 0 Å². The van der Waals surface area contributed by atoms with E-state index < -0.39 is 0 Å². The molecule has 0 fully saturated rings. The van der Waals surface area contributed by atoms with E-state index in [1.165, 1.54) is 0 Å². The van der Waals surface area contributed by atoms with E-state index in [0.717, 1.165) is 45.2 Å². The Bertz CT molecular complexity index is 1530. The van der Waals surface area contributed by atoms with Crippen molar-refractivity contribution in [2.75, 3.05) is 0 Å². The minimum absolute atomic E-state index is 0. The smallest absolute Gasteiger partial charge is 0.523 e. The average molecular weight is 630 g/mol. The Hall–Kier alpha value is -4.05. The van der Waals surface area contributed by atoms with Crippen molar-refractivity contribution >= 4 is 11.0 Å². The minimum atomic E-state index is 0. The average Bonchev–Trinajstić information content (AvgIpc) is 3.32. The number of fused-ring (bicyclic) bond motifs is 2. The number of pyridine rings is 1. The molecule has 5 heteroatoms. The van der Waals surface area contributed by atoms with Crippen molar-refractivity contribution in [1.29, 1.82) is 0 Å². The maximum atomic E-state index is 6.01. The van der Waals surface area contributed by atoms with Gasteiger partial charge in [0.25, 0.3) is 6.33 Å². The number of ether oxygens (including phenoxy) is 1. The van der Waals surface area contributed by atoms with E-state index in [9.17, 15) is 0 Å². The first-order valence-electron chi connectivity index (χ1n) is 11.0. The summed E-state index contributed by atoms with van der Waals surface area (Å²) in [7, 11) is 0. The Labute approximate surface area is 217 Å². The summed E-state index contributed by atoms with van der Waals surface area (Å²) in [4.78, 5) is 4.22. The van der Waals surface area contributed by atoms with Crippen LogP contribution in [0.3, 0.4) is 0 Å². The van der Waals surface area contributed by atoms with Gasteiger partial charge in [-0.15, -0.1) is 42.0 Å². The normalized spacial score (nSPS) is 10.9. The van der Waals surface area contributed by atoms with Gasteiger partial charge in [-0.25, -0.2) is 0 Å². The molecule has 35 heavy (non-hydrogen) atoms. The third-order valence-corrected chi connectivity index (χ3v) is 5.55. The van der Waals surface area contributed by atoms with Gasteiger partial charge in [-0.1, -0.05) is 42.5 Å². The molecule has 168 valence electrons. The maximum absolute atomic E-state index is 6.01. The van der Waals surface area contributed by atoms with Gasteiger partial charge in [-0.3, -0.25) is 4.57 Å². The summed E-state index contributed by atoms with van der Waals surface area (Å²) in [5.41, 5.74) is 6.05. The topological polar surface area (TPSA) is 30.9 Å². The second kappa shape index (κ2) is 10.1. The summed E-state index contributed by atoms with van der Waals surface area (Å²) in [6, 6.07) is 42.1. The Balaban J connectivity index is 0.000000167. The van der Waals surface area contributed by atoms with E-state index >= 15 is 0 Å². The Morgan fingerprint density at radius 2 is 1.51 bits per heavy atom. The molecule has 6 aromatic rings. The quantitative estimate of drug-likeness (QED) is 0.170. The largest absolute Gasteiger partial charge is 3.00 e. The molecule has 1 aliphatic heterocycles. The number of benzene rings is 4. The molecule has 1 aliphatic rings. The molecule has 4 nitrogen and oxygen atoms in total. The van der Waals surface area contributed by atoms with Crippen LogP contribution >= 0.6 is 0 Å². The molecule has 0 saturated carbocycles. The van der Waals surface area contributed by atoms with E-state index in [1.54, 1.807) is 6.20 Å². The van der Waals surface area contributed by atoms with Crippen LogP contribution in [0.1, 0.15) is 0 Å². The van der Waals surface area contributed by atoms with Gasteiger partial charge in [-0.2, -0.15) is 18.2 Å². The molecule has 0 saturated heterocycles. The zero-order valence-corrected chi connectivity index (χ0v) is 20.9. The second-order valence-corrected chi connectivity index (χ2v) is 7.71. The van der Waals surface area contributed by atoms with Crippen LogP contribution in [0.25, 0.3) is 33.7 Å². The third kappa shape index (κ3) is 4.40. The number of hydrogen-bond acceptors (Lipinski definition) is 2. The number of hydrogen-bond donors (Lipinski definition) is 0. The first-order valence-corrected chi connectivity index (χ1v) is 11.0. The summed E-state index contributed by atoms with van der Waals surface area (Å²) in [5, 5.41) is 0. The second-order valence-electron chi connectivity index (χ2n) is 7.71. The molecule has 0 spiro atoms. The van der Waals surface area contributed by atoms with Crippen LogP contribution in [-0.4, -0.2) is 9.55 Å². The van der Waals surface area contributed by atoms with Crippen LogP contribution in [0.5, 0.6) is 11.5 Å². The van der Waals surface area contributed by atoms with E-state index in [2.05, 4.69) is 46.2 Å². The van der Waals surface area contributed by atoms with Crippen molar-refractivity contribution in [2.45, 2.75) is 0 Å². The molecule has 0 unspecified atom stereocenters. The van der Waals surface area contributed by atoms with Crippen molar-refractivity contribution in [3.63, 3.8) is 0 Å². The van der Waals surface area contributed by atoms with Crippen LogP contribution in [0.15, 0.2) is 115 Å². The molecule has 0 bridgehead atoms. The van der Waals surface area contributed by atoms with Gasteiger partial charge in [0, 0.05) is 11.9 Å². The molecular formula is C30H19IrN3O+. The van der Waals surface area contributed by atoms with Gasteiger partial charge in [0.1, 0.15) is 11.3 Å². The van der Waals surface area contributed by atoms with Gasteiger partial charge in [0.15, 0.2) is 0 Å². The van der Waals surface area contributed by atoms with Crippen LogP contribution in [0.2, 0.25) is 0 Å². The first-order chi connectivity index (χ1) is 16.9. The number of nitrogens with zero attached hydrogens (tertiary/aromatic N) is 3. The van der Waals surface area contributed by atoms with E-state index in [4.69, 9.17) is 4.74 Å². The number of imidazole rings is 1. The number of aromatic nitrogens is 3. The van der Waals surface area contributed by atoms with Crippen LogP contribution in [-0.2, 0) is 20.1 Å². The molecule has 0 radical (unpaired) electrons. The molecule has 7 rings (SSSR count). The van der Waals surface area contributed by atoms with E-state index in [1.807, 2.05) is 95.6 Å². The Morgan fingerprint density at radius 1 is 0.714 bits per heavy atom. The summed E-state index contributed by atoms with van der Waals surface area (Å²) in [6.07, 6.45) is 5.21.